The first kappa shape index (κ1) is 14.5. The molecule has 4 rings (SSSR count). The second-order valence-corrected chi connectivity index (χ2v) is 6.14. The molecule has 2 aromatic heterocycles. The van der Waals surface area contributed by atoms with Crippen molar-refractivity contribution in [1.29, 1.82) is 0 Å². The third kappa shape index (κ3) is 2.00. The molecule has 0 N–H and O–H groups in total. The van der Waals surface area contributed by atoms with Gasteiger partial charge in [-0.05, 0) is 43.2 Å². The first-order valence-electron chi connectivity index (χ1n) is 7.89. The molecule has 0 aliphatic carbocycles. The van der Waals surface area contributed by atoms with Gasteiger partial charge in [0.1, 0.15) is 18.2 Å². The summed E-state index contributed by atoms with van der Waals surface area (Å²) in [4.78, 5) is 3.49. The van der Waals surface area contributed by atoms with Crippen LogP contribution in [0.3, 0.4) is 0 Å². The van der Waals surface area contributed by atoms with Gasteiger partial charge in [0.15, 0.2) is 11.9 Å². The van der Waals surface area contributed by atoms with Gasteiger partial charge in [0.2, 0.25) is 5.69 Å². The van der Waals surface area contributed by atoms with Crippen molar-refractivity contribution in [2.24, 2.45) is 7.05 Å². The highest BCUT2D eigenvalue weighted by Crippen LogP contribution is 2.37. The molecule has 2 aromatic carbocycles. The van der Waals surface area contributed by atoms with Crippen LogP contribution in [0.2, 0.25) is 0 Å². The van der Waals surface area contributed by atoms with Gasteiger partial charge < -0.3 is 4.42 Å². The van der Waals surface area contributed by atoms with Gasteiger partial charge in [-0.15, -0.1) is 0 Å². The van der Waals surface area contributed by atoms with Crippen molar-refractivity contribution in [3.05, 3.63) is 71.2 Å². The summed E-state index contributed by atoms with van der Waals surface area (Å²) in [6.45, 7) is 11.4. The molecule has 24 heavy (non-hydrogen) atoms. The zero-order valence-electron chi connectivity index (χ0n) is 13.9. The van der Waals surface area contributed by atoms with E-state index in [1.54, 1.807) is 0 Å². The van der Waals surface area contributed by atoms with Crippen molar-refractivity contribution in [2.75, 3.05) is 0 Å². The zero-order valence-corrected chi connectivity index (χ0v) is 13.9. The molecular formula is C21H17N2O+. The Morgan fingerprint density at radius 3 is 2.58 bits per heavy atom. The number of pyridine rings is 1. The number of benzene rings is 2. The molecule has 0 spiro atoms. The second-order valence-electron chi connectivity index (χ2n) is 6.14. The summed E-state index contributed by atoms with van der Waals surface area (Å²) in [5.74, 6) is 0. The van der Waals surface area contributed by atoms with E-state index < -0.39 is 0 Å². The fourth-order valence-corrected chi connectivity index (χ4v) is 3.29. The molecule has 0 atom stereocenters. The summed E-state index contributed by atoms with van der Waals surface area (Å²) in [7, 11) is 2.06. The number of rotatable bonds is 1. The van der Waals surface area contributed by atoms with Crippen LogP contribution in [0.25, 0.3) is 38.0 Å². The molecule has 0 fully saturated rings. The van der Waals surface area contributed by atoms with E-state index in [2.05, 4.69) is 54.7 Å². The standard InChI is InChI=1S/C21H17N2O/c1-13-14(2)21-18(12-17(13)19-7-5-6-10-23(19)4)16-9-8-15(22-3)11-20(16)24-21/h5-12H,1-2,4H3/q+1. The number of aryl methyl sites for hydroxylation is 2. The smallest absolute Gasteiger partial charge is 0.212 e. The van der Waals surface area contributed by atoms with Crippen LogP contribution in [0.5, 0.6) is 0 Å². The highest BCUT2D eigenvalue weighted by Gasteiger charge is 2.19. The summed E-state index contributed by atoms with van der Waals surface area (Å²) in [6, 6.07) is 14.1. The molecule has 0 aliphatic heterocycles. The number of furan rings is 1. The Labute approximate surface area is 140 Å². The van der Waals surface area contributed by atoms with Crippen molar-refractivity contribution in [3.8, 4) is 11.3 Å². The van der Waals surface area contributed by atoms with Crippen LogP contribution < -0.4 is 4.57 Å². The van der Waals surface area contributed by atoms with Crippen LogP contribution in [0.1, 0.15) is 11.1 Å². The highest BCUT2D eigenvalue weighted by atomic mass is 16.3. The van der Waals surface area contributed by atoms with E-state index >= 15 is 0 Å². The predicted octanol–water partition coefficient (Wildman–Crippen LogP) is 5.25. The maximum absolute atomic E-state index is 7.18. The van der Waals surface area contributed by atoms with Gasteiger partial charge >= 0.3 is 0 Å². The fraction of sp³-hybridized carbons (Fsp3) is 0.143. The molecule has 3 heteroatoms. The first-order valence-corrected chi connectivity index (χ1v) is 7.89. The minimum absolute atomic E-state index is 0.602. The van der Waals surface area contributed by atoms with E-state index in [9.17, 15) is 0 Å². The minimum Gasteiger partial charge on any atom is -0.457 e. The number of aromatic nitrogens is 1. The number of hydrogen-bond donors (Lipinski definition) is 0. The average Bonchev–Trinajstić information content (AvgIpc) is 2.96. The lowest BCUT2D eigenvalue weighted by Gasteiger charge is -2.08. The van der Waals surface area contributed by atoms with Crippen molar-refractivity contribution in [3.63, 3.8) is 0 Å². The molecule has 0 saturated carbocycles. The Bertz CT molecular complexity index is 1150. The molecule has 0 unspecified atom stereocenters. The SMILES string of the molecule is [C-]#[N+]c1ccc2c(c1)oc1c(C)c(C)c(-c3cccc[n+]3C)cc12. The van der Waals surface area contributed by atoms with Crippen molar-refractivity contribution in [2.45, 2.75) is 13.8 Å². The van der Waals surface area contributed by atoms with E-state index in [0.29, 0.717) is 5.69 Å². The molecule has 0 saturated heterocycles. The molecule has 0 radical (unpaired) electrons. The van der Waals surface area contributed by atoms with E-state index in [1.165, 1.54) is 16.8 Å². The van der Waals surface area contributed by atoms with Gasteiger partial charge in [-0.3, -0.25) is 0 Å². The summed E-state index contributed by atoms with van der Waals surface area (Å²) in [5.41, 5.74) is 7.03. The monoisotopic (exact) mass is 313 g/mol. The van der Waals surface area contributed by atoms with Crippen molar-refractivity contribution in [1.82, 2.24) is 0 Å². The van der Waals surface area contributed by atoms with E-state index in [0.717, 1.165) is 27.5 Å². The quantitative estimate of drug-likeness (QED) is 0.347. The van der Waals surface area contributed by atoms with Gasteiger partial charge in [0.25, 0.3) is 0 Å². The van der Waals surface area contributed by atoms with E-state index in [4.69, 9.17) is 11.0 Å². The molecule has 116 valence electrons. The first-order chi connectivity index (χ1) is 11.6. The van der Waals surface area contributed by atoms with Crippen LogP contribution in [0.4, 0.5) is 5.69 Å². The molecule has 2 heterocycles. The molecular weight excluding hydrogens is 296 g/mol. The van der Waals surface area contributed by atoms with Crippen LogP contribution >= 0.6 is 0 Å². The molecule has 0 aliphatic rings. The third-order valence-corrected chi connectivity index (χ3v) is 4.77. The van der Waals surface area contributed by atoms with Crippen LogP contribution in [-0.2, 0) is 7.05 Å². The highest BCUT2D eigenvalue weighted by molar-refractivity contribution is 6.08. The maximum Gasteiger partial charge on any atom is 0.212 e. The normalized spacial score (nSPS) is 11.1. The van der Waals surface area contributed by atoms with Gasteiger partial charge in [-0.25, -0.2) is 9.41 Å². The second kappa shape index (κ2) is 5.21. The maximum atomic E-state index is 7.18. The van der Waals surface area contributed by atoms with Crippen LogP contribution in [-0.4, -0.2) is 0 Å². The van der Waals surface area contributed by atoms with Gasteiger partial charge in [0, 0.05) is 22.9 Å². The van der Waals surface area contributed by atoms with Gasteiger partial charge in [-0.2, -0.15) is 0 Å². The molecule has 4 aromatic rings. The summed E-state index contributed by atoms with van der Waals surface area (Å²) >= 11 is 0. The number of fused-ring (bicyclic) bond motifs is 3. The fourth-order valence-electron chi connectivity index (χ4n) is 3.29. The number of nitrogens with zero attached hydrogens (tertiary/aromatic N) is 2. The van der Waals surface area contributed by atoms with Crippen molar-refractivity contribution < 1.29 is 8.98 Å². The lowest BCUT2D eigenvalue weighted by Crippen LogP contribution is -2.30. The van der Waals surface area contributed by atoms with E-state index in [-0.39, 0.29) is 0 Å². The molecule has 0 bridgehead atoms. The Morgan fingerprint density at radius 2 is 1.83 bits per heavy atom. The summed E-state index contributed by atoms with van der Waals surface area (Å²) in [5, 5.41) is 2.16. The Morgan fingerprint density at radius 1 is 1.00 bits per heavy atom. The zero-order chi connectivity index (χ0) is 16.8. The lowest BCUT2D eigenvalue weighted by atomic mass is 9.96. The van der Waals surface area contributed by atoms with Crippen molar-refractivity contribution >= 4 is 27.6 Å². The largest absolute Gasteiger partial charge is 0.457 e. The van der Waals surface area contributed by atoms with Crippen LogP contribution in [0, 0.1) is 20.4 Å². The average molecular weight is 313 g/mol. The lowest BCUT2D eigenvalue weighted by molar-refractivity contribution is -0.660. The minimum atomic E-state index is 0.602. The van der Waals surface area contributed by atoms with Gasteiger partial charge in [0.05, 0.1) is 12.1 Å². The third-order valence-electron chi connectivity index (χ3n) is 4.77. The summed E-state index contributed by atoms with van der Waals surface area (Å²) < 4.78 is 8.21. The van der Waals surface area contributed by atoms with Crippen LogP contribution in [0.15, 0.2) is 53.1 Å². The van der Waals surface area contributed by atoms with E-state index in [1.807, 2.05) is 24.3 Å². The molecule has 3 nitrogen and oxygen atoms in total. The van der Waals surface area contributed by atoms with Gasteiger partial charge in [-0.1, -0.05) is 12.1 Å². The topological polar surface area (TPSA) is 21.4 Å². The summed E-state index contributed by atoms with van der Waals surface area (Å²) in [6.07, 6.45) is 2.06. The Kier molecular flexibility index (Phi) is 3.14. The Hall–Kier alpha value is -3.12. The molecule has 0 amide bonds. The predicted molar refractivity (Wildman–Crippen MR) is 96.1 cm³/mol. The Balaban J connectivity index is 2.11. The number of hydrogen-bond acceptors (Lipinski definition) is 1.